The molecule has 0 spiro atoms. The number of nitrogens with one attached hydrogen (secondary N) is 1. The van der Waals surface area contributed by atoms with Gasteiger partial charge < -0.3 is 5.32 Å². The van der Waals surface area contributed by atoms with E-state index in [4.69, 9.17) is 0 Å². The molecule has 1 N–H and O–H groups in total. The molecule has 0 fully saturated rings. The molecule has 0 radical (unpaired) electrons. The van der Waals surface area contributed by atoms with Crippen LogP contribution in [-0.4, -0.2) is 22.0 Å². The van der Waals surface area contributed by atoms with Gasteiger partial charge in [-0.2, -0.15) is 11.8 Å². The Morgan fingerprint density at radius 3 is 2.75 bits per heavy atom. The van der Waals surface area contributed by atoms with E-state index < -0.39 is 0 Å². The maximum atomic E-state index is 4.45. The van der Waals surface area contributed by atoms with E-state index in [1.54, 1.807) is 11.3 Å². The first-order valence-electron chi connectivity index (χ1n) is 5.62. The third-order valence-corrected chi connectivity index (χ3v) is 4.74. The predicted octanol–water partition coefficient (Wildman–Crippen LogP) is 3.46. The lowest BCUT2D eigenvalue weighted by Crippen LogP contribution is -2.32. The monoisotopic (exact) mass is 258 g/mol. The molecule has 0 unspecified atom stereocenters. The zero-order valence-corrected chi connectivity index (χ0v) is 12.5. The van der Waals surface area contributed by atoms with Crippen molar-refractivity contribution >= 4 is 23.1 Å². The average Bonchev–Trinajstić information content (AvgIpc) is 2.61. The van der Waals surface area contributed by atoms with Crippen molar-refractivity contribution in [3.63, 3.8) is 0 Å². The van der Waals surface area contributed by atoms with Gasteiger partial charge in [0.05, 0.1) is 10.7 Å². The molecule has 1 atom stereocenters. The smallest absolute Gasteiger partial charge is 0.0897 e. The number of aryl methyl sites for hydroxylation is 1. The van der Waals surface area contributed by atoms with Crippen LogP contribution in [0.25, 0.3) is 0 Å². The largest absolute Gasteiger partial charge is 0.309 e. The minimum Gasteiger partial charge on any atom is -0.309 e. The summed E-state index contributed by atoms with van der Waals surface area (Å²) in [5.74, 6) is 0. The maximum Gasteiger partial charge on any atom is 0.0897 e. The molecule has 0 bridgehead atoms. The van der Waals surface area contributed by atoms with Crippen molar-refractivity contribution in [3.05, 3.63) is 16.1 Å². The van der Waals surface area contributed by atoms with Crippen LogP contribution in [-0.2, 0) is 6.54 Å². The number of nitrogens with zero attached hydrogens (tertiary/aromatic N) is 1. The van der Waals surface area contributed by atoms with Crippen LogP contribution in [0, 0.1) is 6.92 Å². The van der Waals surface area contributed by atoms with Crippen LogP contribution in [0.2, 0.25) is 0 Å². The van der Waals surface area contributed by atoms with E-state index in [9.17, 15) is 0 Å². The van der Waals surface area contributed by atoms with Gasteiger partial charge in [-0.15, -0.1) is 11.3 Å². The van der Waals surface area contributed by atoms with Crippen LogP contribution < -0.4 is 5.32 Å². The normalized spacial score (nSPS) is 14.1. The molecule has 0 saturated heterocycles. The maximum absolute atomic E-state index is 4.45. The van der Waals surface area contributed by atoms with Gasteiger partial charge >= 0.3 is 0 Å². The first kappa shape index (κ1) is 14.0. The summed E-state index contributed by atoms with van der Waals surface area (Å²) in [6, 6.07) is 0.532. The molecule has 16 heavy (non-hydrogen) atoms. The fraction of sp³-hybridized carbons (Fsp3) is 0.750. The summed E-state index contributed by atoms with van der Waals surface area (Å²) >= 11 is 3.65. The summed E-state index contributed by atoms with van der Waals surface area (Å²) in [6.07, 6.45) is 3.35. The first-order chi connectivity index (χ1) is 7.43. The lowest BCUT2D eigenvalue weighted by atomic mass is 10.0. The van der Waals surface area contributed by atoms with E-state index in [1.165, 1.54) is 6.42 Å². The van der Waals surface area contributed by atoms with Crippen molar-refractivity contribution in [2.24, 2.45) is 0 Å². The summed E-state index contributed by atoms with van der Waals surface area (Å²) in [7, 11) is 0. The SMILES string of the molecule is CSC(C)(C)C[C@@H](C)NCc1csc(C)n1. The van der Waals surface area contributed by atoms with Crippen molar-refractivity contribution < 1.29 is 0 Å². The van der Waals surface area contributed by atoms with Crippen molar-refractivity contribution in [3.8, 4) is 0 Å². The van der Waals surface area contributed by atoms with Crippen molar-refractivity contribution in [2.75, 3.05) is 6.26 Å². The highest BCUT2D eigenvalue weighted by molar-refractivity contribution is 7.99. The highest BCUT2D eigenvalue weighted by Gasteiger charge is 2.19. The van der Waals surface area contributed by atoms with Crippen molar-refractivity contribution in [1.29, 1.82) is 0 Å². The van der Waals surface area contributed by atoms with Crippen LogP contribution in [0.5, 0.6) is 0 Å². The van der Waals surface area contributed by atoms with Gasteiger partial charge in [-0.25, -0.2) is 4.98 Å². The molecule has 0 aromatic carbocycles. The van der Waals surface area contributed by atoms with Crippen molar-refractivity contribution in [2.45, 2.75) is 51.4 Å². The van der Waals surface area contributed by atoms with Crippen LogP contribution >= 0.6 is 23.1 Å². The van der Waals surface area contributed by atoms with Crippen LogP contribution in [0.3, 0.4) is 0 Å². The molecule has 2 nitrogen and oxygen atoms in total. The van der Waals surface area contributed by atoms with Crippen LogP contribution in [0.15, 0.2) is 5.38 Å². The molecular weight excluding hydrogens is 236 g/mol. The highest BCUT2D eigenvalue weighted by Crippen LogP contribution is 2.26. The highest BCUT2D eigenvalue weighted by atomic mass is 32.2. The molecule has 0 amide bonds. The minimum absolute atomic E-state index is 0.352. The number of thiazole rings is 1. The van der Waals surface area contributed by atoms with Crippen LogP contribution in [0.1, 0.15) is 37.9 Å². The fourth-order valence-electron chi connectivity index (χ4n) is 1.66. The second-order valence-corrected chi connectivity index (χ2v) is 7.38. The molecule has 1 aromatic rings. The number of rotatable bonds is 6. The Balaban J connectivity index is 2.33. The quantitative estimate of drug-likeness (QED) is 0.846. The van der Waals surface area contributed by atoms with Crippen LogP contribution in [0.4, 0.5) is 0 Å². The average molecular weight is 258 g/mol. The molecule has 1 heterocycles. The van der Waals surface area contributed by atoms with E-state index in [1.807, 2.05) is 11.8 Å². The molecule has 4 heteroatoms. The van der Waals surface area contributed by atoms with Gasteiger partial charge in [0, 0.05) is 22.7 Å². The van der Waals surface area contributed by atoms with Gasteiger partial charge in [0.1, 0.15) is 0 Å². The third kappa shape index (κ3) is 4.85. The second-order valence-electron chi connectivity index (χ2n) is 4.81. The second kappa shape index (κ2) is 6.03. The standard InChI is InChI=1S/C12H22N2S2/c1-9(6-12(3,4)15-5)13-7-11-8-16-10(2)14-11/h8-9,13H,6-7H2,1-5H3/t9-/m1/s1. The van der Waals surface area contributed by atoms with E-state index in [0.29, 0.717) is 10.8 Å². The zero-order valence-electron chi connectivity index (χ0n) is 10.8. The number of hydrogen-bond acceptors (Lipinski definition) is 4. The fourth-order valence-corrected chi connectivity index (χ4v) is 2.69. The molecule has 92 valence electrons. The Morgan fingerprint density at radius 2 is 2.25 bits per heavy atom. The first-order valence-corrected chi connectivity index (χ1v) is 7.73. The summed E-state index contributed by atoms with van der Waals surface area (Å²) in [4.78, 5) is 4.45. The zero-order chi connectivity index (χ0) is 12.2. The molecule has 0 aliphatic heterocycles. The number of thioether (sulfide) groups is 1. The minimum atomic E-state index is 0.352. The van der Waals surface area contributed by atoms with E-state index >= 15 is 0 Å². The number of hydrogen-bond donors (Lipinski definition) is 1. The van der Waals surface area contributed by atoms with Gasteiger partial charge in [0.2, 0.25) is 0 Å². The lowest BCUT2D eigenvalue weighted by molar-refractivity contribution is 0.463. The Bertz CT molecular complexity index is 321. The van der Waals surface area contributed by atoms with Crippen molar-refractivity contribution in [1.82, 2.24) is 10.3 Å². The van der Waals surface area contributed by atoms with Gasteiger partial charge in [-0.3, -0.25) is 0 Å². The lowest BCUT2D eigenvalue weighted by Gasteiger charge is -2.26. The molecule has 0 aliphatic carbocycles. The molecule has 1 aromatic heterocycles. The van der Waals surface area contributed by atoms with Gasteiger partial charge in [-0.05, 0) is 26.5 Å². The van der Waals surface area contributed by atoms with Gasteiger partial charge in [0.25, 0.3) is 0 Å². The van der Waals surface area contributed by atoms with E-state index in [0.717, 1.165) is 17.2 Å². The Morgan fingerprint density at radius 1 is 1.56 bits per heavy atom. The summed E-state index contributed by atoms with van der Waals surface area (Å²) in [5.41, 5.74) is 1.16. The Hall–Kier alpha value is -0.0600. The molecule has 0 aliphatic rings. The summed E-state index contributed by atoms with van der Waals surface area (Å²) in [6.45, 7) is 9.77. The van der Waals surface area contributed by atoms with E-state index in [2.05, 4.69) is 49.6 Å². The molecule has 0 saturated carbocycles. The third-order valence-electron chi connectivity index (χ3n) is 2.65. The Labute approximate surface area is 107 Å². The summed E-state index contributed by atoms with van der Waals surface area (Å²) in [5, 5.41) is 6.81. The Kier molecular flexibility index (Phi) is 5.28. The van der Waals surface area contributed by atoms with Gasteiger partial charge in [-0.1, -0.05) is 13.8 Å². The molecular formula is C12H22N2S2. The molecule has 1 rings (SSSR count). The number of aromatic nitrogens is 1. The van der Waals surface area contributed by atoms with Gasteiger partial charge in [0.15, 0.2) is 0 Å². The predicted molar refractivity (Wildman–Crippen MR) is 75.4 cm³/mol. The summed E-state index contributed by atoms with van der Waals surface area (Å²) < 4.78 is 0.352. The topological polar surface area (TPSA) is 24.9 Å². The van der Waals surface area contributed by atoms with E-state index in [-0.39, 0.29) is 0 Å².